The van der Waals surface area contributed by atoms with E-state index in [9.17, 15) is 4.79 Å². The summed E-state index contributed by atoms with van der Waals surface area (Å²) in [6.07, 6.45) is -0.0325. The molecule has 0 aliphatic carbocycles. The van der Waals surface area contributed by atoms with Crippen molar-refractivity contribution >= 4 is 5.91 Å². The fourth-order valence-electron chi connectivity index (χ4n) is 3.50. The zero-order chi connectivity index (χ0) is 19.0. The van der Waals surface area contributed by atoms with Gasteiger partial charge in [0.2, 0.25) is 6.10 Å². The zero-order valence-corrected chi connectivity index (χ0v) is 15.7. The van der Waals surface area contributed by atoms with E-state index in [2.05, 4.69) is 5.32 Å². The molecule has 1 amide bonds. The van der Waals surface area contributed by atoms with Crippen LogP contribution in [-0.2, 0) is 4.79 Å². The number of methoxy groups -OCH3 is 1. The van der Waals surface area contributed by atoms with Gasteiger partial charge in [0.05, 0.1) is 13.2 Å². The molecule has 2 aromatic carbocycles. The highest BCUT2D eigenvalue weighted by Crippen LogP contribution is 2.41. The van der Waals surface area contributed by atoms with Crippen molar-refractivity contribution in [3.8, 4) is 23.0 Å². The predicted octanol–water partition coefficient (Wildman–Crippen LogP) is 3.25. The number of para-hydroxylation sites is 2. The second-order valence-electron chi connectivity index (χ2n) is 7.40. The molecule has 0 radical (unpaired) electrons. The first-order valence-corrected chi connectivity index (χ1v) is 9.01. The lowest BCUT2D eigenvalue weighted by molar-refractivity contribution is -0.131. The standard InChI is InChI=1S/C21H23NO5/c1-21(2)11-15(14-9-8-13(24-3)10-18(14)27-21)22-20(23)19-12-25-16-6-4-5-7-17(16)26-19/h4-10,15,19H,11-12H2,1-3H3,(H,22,23)/t15-,19+/m1/s1. The summed E-state index contributed by atoms with van der Waals surface area (Å²) >= 11 is 0. The number of ether oxygens (including phenoxy) is 4. The van der Waals surface area contributed by atoms with Crippen molar-refractivity contribution in [3.05, 3.63) is 48.0 Å². The molecule has 0 saturated heterocycles. The lowest BCUT2D eigenvalue weighted by atomic mass is 9.89. The van der Waals surface area contributed by atoms with Gasteiger partial charge in [-0.3, -0.25) is 4.79 Å². The van der Waals surface area contributed by atoms with Gasteiger partial charge in [0.1, 0.15) is 23.7 Å². The molecule has 2 aliphatic heterocycles. The normalized spacial score (nSPS) is 22.2. The van der Waals surface area contributed by atoms with Gasteiger partial charge in [0, 0.05) is 18.1 Å². The van der Waals surface area contributed by atoms with Crippen LogP contribution in [0.25, 0.3) is 0 Å². The molecule has 2 atom stereocenters. The molecule has 6 heteroatoms. The SMILES string of the molecule is COc1ccc2c(c1)OC(C)(C)C[C@H]2NC(=O)[C@@H]1COc2ccccc2O1. The van der Waals surface area contributed by atoms with Gasteiger partial charge >= 0.3 is 0 Å². The molecule has 4 rings (SSSR count). The summed E-state index contributed by atoms with van der Waals surface area (Å²) in [5, 5.41) is 3.10. The van der Waals surface area contributed by atoms with Crippen molar-refractivity contribution in [2.75, 3.05) is 13.7 Å². The van der Waals surface area contributed by atoms with E-state index in [1.807, 2.05) is 50.2 Å². The number of nitrogens with one attached hydrogen (secondary N) is 1. The van der Waals surface area contributed by atoms with E-state index in [0.29, 0.717) is 17.9 Å². The summed E-state index contributed by atoms with van der Waals surface area (Å²) in [6, 6.07) is 12.8. The number of fused-ring (bicyclic) bond motifs is 2. The smallest absolute Gasteiger partial charge is 0.265 e. The first-order chi connectivity index (χ1) is 12.9. The van der Waals surface area contributed by atoms with E-state index >= 15 is 0 Å². The molecule has 0 fully saturated rings. The van der Waals surface area contributed by atoms with Crippen LogP contribution in [0.5, 0.6) is 23.0 Å². The van der Waals surface area contributed by atoms with Crippen molar-refractivity contribution in [1.29, 1.82) is 0 Å². The molecule has 0 saturated carbocycles. The second kappa shape index (κ2) is 6.68. The zero-order valence-electron chi connectivity index (χ0n) is 15.7. The van der Waals surface area contributed by atoms with Gasteiger partial charge in [0.25, 0.3) is 5.91 Å². The topological polar surface area (TPSA) is 66.0 Å². The largest absolute Gasteiger partial charge is 0.497 e. The van der Waals surface area contributed by atoms with Crippen molar-refractivity contribution in [2.24, 2.45) is 0 Å². The van der Waals surface area contributed by atoms with Gasteiger partial charge in [-0.1, -0.05) is 12.1 Å². The maximum atomic E-state index is 12.8. The van der Waals surface area contributed by atoms with Gasteiger partial charge in [0.15, 0.2) is 11.5 Å². The van der Waals surface area contributed by atoms with Crippen molar-refractivity contribution in [1.82, 2.24) is 5.32 Å². The number of hydrogen-bond acceptors (Lipinski definition) is 5. The van der Waals surface area contributed by atoms with Crippen LogP contribution >= 0.6 is 0 Å². The average molecular weight is 369 g/mol. The summed E-state index contributed by atoms with van der Waals surface area (Å²) in [7, 11) is 1.62. The van der Waals surface area contributed by atoms with E-state index < -0.39 is 11.7 Å². The van der Waals surface area contributed by atoms with Crippen LogP contribution in [0.15, 0.2) is 42.5 Å². The summed E-state index contributed by atoms with van der Waals surface area (Å²) in [4.78, 5) is 12.8. The Hall–Kier alpha value is -2.89. The molecule has 2 aliphatic rings. The van der Waals surface area contributed by atoms with E-state index in [0.717, 1.165) is 17.1 Å². The Morgan fingerprint density at radius 2 is 1.93 bits per heavy atom. The minimum absolute atomic E-state index is 0.178. The number of carbonyl (C=O) groups is 1. The Morgan fingerprint density at radius 3 is 2.70 bits per heavy atom. The van der Waals surface area contributed by atoms with Gasteiger partial charge in [-0.05, 0) is 38.1 Å². The molecule has 0 unspecified atom stereocenters. The third-order valence-corrected chi connectivity index (χ3v) is 4.80. The molecule has 6 nitrogen and oxygen atoms in total. The fraction of sp³-hybridized carbons (Fsp3) is 0.381. The summed E-state index contributed by atoms with van der Waals surface area (Å²) < 4.78 is 22.9. The number of hydrogen-bond donors (Lipinski definition) is 1. The lowest BCUT2D eigenvalue weighted by Crippen LogP contribution is -2.48. The molecule has 2 aromatic rings. The molecule has 1 N–H and O–H groups in total. The van der Waals surface area contributed by atoms with Crippen LogP contribution in [0.2, 0.25) is 0 Å². The fourth-order valence-corrected chi connectivity index (χ4v) is 3.50. The Bertz CT molecular complexity index is 863. The Labute approximate surface area is 158 Å². The third kappa shape index (κ3) is 3.52. The highest BCUT2D eigenvalue weighted by molar-refractivity contribution is 5.82. The maximum absolute atomic E-state index is 12.8. The van der Waals surface area contributed by atoms with Gasteiger partial charge < -0.3 is 24.3 Å². The maximum Gasteiger partial charge on any atom is 0.265 e. The van der Waals surface area contributed by atoms with Crippen LogP contribution in [-0.4, -0.2) is 31.3 Å². The molecule has 0 spiro atoms. The number of amides is 1. The van der Waals surface area contributed by atoms with Crippen molar-refractivity contribution in [2.45, 2.75) is 38.0 Å². The first-order valence-electron chi connectivity index (χ1n) is 9.01. The van der Waals surface area contributed by atoms with Crippen LogP contribution in [0.1, 0.15) is 31.9 Å². The summed E-state index contributed by atoms with van der Waals surface area (Å²) in [5.74, 6) is 2.49. The van der Waals surface area contributed by atoms with Crippen molar-refractivity contribution < 1.29 is 23.7 Å². The highest BCUT2D eigenvalue weighted by atomic mass is 16.6. The molecular formula is C21H23NO5. The molecular weight excluding hydrogens is 346 g/mol. The Morgan fingerprint density at radius 1 is 1.15 bits per heavy atom. The van der Waals surface area contributed by atoms with Gasteiger partial charge in [-0.2, -0.15) is 0 Å². The van der Waals surface area contributed by atoms with Crippen LogP contribution < -0.4 is 24.3 Å². The average Bonchev–Trinajstić information content (AvgIpc) is 2.66. The van der Waals surface area contributed by atoms with E-state index in [-0.39, 0.29) is 18.6 Å². The van der Waals surface area contributed by atoms with Crippen LogP contribution in [0, 0.1) is 0 Å². The number of rotatable bonds is 3. The summed E-state index contributed by atoms with van der Waals surface area (Å²) in [6.45, 7) is 4.20. The van der Waals surface area contributed by atoms with Gasteiger partial charge in [-0.25, -0.2) is 0 Å². The number of carbonyl (C=O) groups excluding carboxylic acids is 1. The minimum Gasteiger partial charge on any atom is -0.497 e. The highest BCUT2D eigenvalue weighted by Gasteiger charge is 2.37. The Balaban J connectivity index is 1.53. The molecule has 27 heavy (non-hydrogen) atoms. The van der Waals surface area contributed by atoms with Crippen LogP contribution in [0.4, 0.5) is 0 Å². The second-order valence-corrected chi connectivity index (χ2v) is 7.40. The molecule has 2 heterocycles. The molecule has 0 bridgehead atoms. The summed E-state index contributed by atoms with van der Waals surface area (Å²) in [5.41, 5.74) is 0.522. The number of benzene rings is 2. The first kappa shape index (κ1) is 17.5. The third-order valence-electron chi connectivity index (χ3n) is 4.80. The van der Waals surface area contributed by atoms with E-state index in [1.54, 1.807) is 13.2 Å². The quantitative estimate of drug-likeness (QED) is 0.900. The minimum atomic E-state index is -0.687. The van der Waals surface area contributed by atoms with Crippen molar-refractivity contribution in [3.63, 3.8) is 0 Å². The van der Waals surface area contributed by atoms with Gasteiger partial charge in [-0.15, -0.1) is 0 Å². The van der Waals surface area contributed by atoms with E-state index in [1.165, 1.54) is 0 Å². The lowest BCUT2D eigenvalue weighted by Gasteiger charge is -2.38. The van der Waals surface area contributed by atoms with Crippen LogP contribution in [0.3, 0.4) is 0 Å². The Kier molecular flexibility index (Phi) is 4.34. The predicted molar refractivity (Wildman–Crippen MR) is 99.6 cm³/mol. The molecule has 0 aromatic heterocycles. The molecule has 142 valence electrons. The monoisotopic (exact) mass is 369 g/mol. The van der Waals surface area contributed by atoms with E-state index in [4.69, 9.17) is 18.9 Å².